The number of carbonyl (C=O) groups excluding carboxylic acids is 1. The molecule has 27 heavy (non-hydrogen) atoms. The highest BCUT2D eigenvalue weighted by Gasteiger charge is 2.31. The Morgan fingerprint density at radius 3 is 2.52 bits per heavy atom. The zero-order valence-corrected chi connectivity index (χ0v) is 13.7. The maximum Gasteiger partial charge on any atom is 0.573 e. The molecule has 1 aliphatic rings. The first kappa shape index (κ1) is 17.2. The van der Waals surface area contributed by atoms with Crippen molar-refractivity contribution in [2.75, 3.05) is 6.54 Å². The third kappa shape index (κ3) is 3.67. The number of halogens is 3. The quantitative estimate of drug-likeness (QED) is 0.750. The summed E-state index contributed by atoms with van der Waals surface area (Å²) in [6, 6.07) is 10.7. The second-order valence-electron chi connectivity index (χ2n) is 5.96. The zero-order valence-electron chi connectivity index (χ0n) is 13.7. The first-order valence-corrected chi connectivity index (χ1v) is 8.09. The van der Waals surface area contributed by atoms with Crippen molar-refractivity contribution in [2.45, 2.75) is 18.9 Å². The van der Waals surface area contributed by atoms with E-state index >= 15 is 0 Å². The summed E-state index contributed by atoms with van der Waals surface area (Å²) >= 11 is 0. The molecule has 1 N–H and O–H groups in total. The maximum absolute atomic E-state index is 12.3. The number of nitrogens with one attached hydrogen (secondary N) is 1. The largest absolute Gasteiger partial charge is 0.573 e. The van der Waals surface area contributed by atoms with E-state index in [4.69, 9.17) is 9.26 Å². The van der Waals surface area contributed by atoms with Crippen LogP contribution in [-0.2, 0) is 4.79 Å². The lowest BCUT2D eigenvalue weighted by Crippen LogP contribution is -2.27. The fourth-order valence-corrected chi connectivity index (χ4v) is 2.85. The Bertz CT molecular complexity index is 982. The highest BCUT2D eigenvalue weighted by molar-refractivity contribution is 5.88. The van der Waals surface area contributed by atoms with Gasteiger partial charge in [-0.25, -0.2) is 0 Å². The second kappa shape index (κ2) is 6.49. The van der Waals surface area contributed by atoms with Crippen LogP contribution in [-0.4, -0.2) is 30.1 Å². The van der Waals surface area contributed by atoms with Crippen LogP contribution in [0.3, 0.4) is 0 Å². The van der Waals surface area contributed by atoms with Gasteiger partial charge >= 0.3 is 6.36 Å². The van der Waals surface area contributed by atoms with E-state index < -0.39 is 12.5 Å². The van der Waals surface area contributed by atoms with E-state index in [2.05, 4.69) is 15.2 Å². The van der Waals surface area contributed by atoms with Crippen LogP contribution in [0.4, 0.5) is 13.2 Å². The Balaban J connectivity index is 1.61. The molecule has 0 saturated carbocycles. The Labute approximate surface area is 150 Å². The van der Waals surface area contributed by atoms with Crippen molar-refractivity contribution in [3.8, 4) is 22.8 Å². The molecular formula is C18H13F3N2O4. The predicted molar refractivity (Wildman–Crippen MR) is 88.2 cm³/mol. The third-order valence-corrected chi connectivity index (χ3v) is 4.11. The van der Waals surface area contributed by atoms with Crippen molar-refractivity contribution in [1.82, 2.24) is 10.5 Å². The minimum atomic E-state index is -4.73. The third-order valence-electron chi connectivity index (χ3n) is 4.11. The molecule has 0 radical (unpaired) electrons. The summed E-state index contributed by atoms with van der Waals surface area (Å²) in [4.78, 5) is 11.7. The van der Waals surface area contributed by atoms with E-state index in [1.807, 2.05) is 0 Å². The first-order chi connectivity index (χ1) is 12.9. The van der Waals surface area contributed by atoms with Gasteiger partial charge in [-0.1, -0.05) is 18.2 Å². The SMILES string of the molecule is O=C1NCC[C@H]1Oc1noc2ccc(-c3ccc(OC(F)(F)F)cc3)cc12. The molecular weight excluding hydrogens is 365 g/mol. The molecule has 4 rings (SSSR count). The van der Waals surface area contributed by atoms with Crippen LogP contribution < -0.4 is 14.8 Å². The van der Waals surface area contributed by atoms with Crippen LogP contribution in [0.25, 0.3) is 22.1 Å². The Hall–Kier alpha value is -3.23. The number of aromatic nitrogens is 1. The highest BCUT2D eigenvalue weighted by atomic mass is 19.4. The highest BCUT2D eigenvalue weighted by Crippen LogP contribution is 2.32. The molecule has 3 aromatic rings. The average Bonchev–Trinajstić information content (AvgIpc) is 3.21. The van der Waals surface area contributed by atoms with Crippen molar-refractivity contribution in [3.63, 3.8) is 0 Å². The van der Waals surface area contributed by atoms with Crippen LogP contribution in [0, 0.1) is 0 Å². The van der Waals surface area contributed by atoms with Gasteiger partial charge in [0.05, 0.1) is 5.39 Å². The lowest BCUT2D eigenvalue weighted by Gasteiger charge is -2.10. The molecule has 2 aromatic carbocycles. The molecule has 0 bridgehead atoms. The van der Waals surface area contributed by atoms with E-state index in [-0.39, 0.29) is 17.5 Å². The Kier molecular flexibility index (Phi) is 4.14. The number of rotatable bonds is 4. The number of amides is 1. The van der Waals surface area contributed by atoms with E-state index in [1.54, 1.807) is 18.2 Å². The van der Waals surface area contributed by atoms with Gasteiger partial charge in [0.25, 0.3) is 11.8 Å². The second-order valence-corrected chi connectivity index (χ2v) is 5.96. The zero-order chi connectivity index (χ0) is 19.0. The monoisotopic (exact) mass is 378 g/mol. The normalized spacial score (nSPS) is 17.1. The number of ether oxygens (including phenoxy) is 2. The molecule has 2 heterocycles. The lowest BCUT2D eigenvalue weighted by molar-refractivity contribution is -0.274. The van der Waals surface area contributed by atoms with E-state index in [0.717, 1.165) is 5.56 Å². The topological polar surface area (TPSA) is 73.6 Å². The summed E-state index contributed by atoms with van der Waals surface area (Å²) < 4.78 is 51.5. The molecule has 140 valence electrons. The van der Waals surface area contributed by atoms with Gasteiger partial charge in [0.15, 0.2) is 11.7 Å². The summed E-state index contributed by atoms with van der Waals surface area (Å²) in [5.41, 5.74) is 1.88. The van der Waals surface area contributed by atoms with Crippen LogP contribution in [0.15, 0.2) is 47.0 Å². The average molecular weight is 378 g/mol. The van der Waals surface area contributed by atoms with Gasteiger partial charge in [-0.15, -0.1) is 13.2 Å². The molecule has 1 aliphatic heterocycles. The van der Waals surface area contributed by atoms with Gasteiger partial charge in [-0.05, 0) is 40.5 Å². The fraction of sp³-hybridized carbons (Fsp3) is 0.222. The van der Waals surface area contributed by atoms with Crippen molar-refractivity contribution in [2.24, 2.45) is 0 Å². The number of alkyl halides is 3. The Morgan fingerprint density at radius 1 is 1.11 bits per heavy atom. The van der Waals surface area contributed by atoms with Gasteiger partial charge in [0, 0.05) is 13.0 Å². The number of nitrogens with zero attached hydrogens (tertiary/aromatic N) is 1. The van der Waals surface area contributed by atoms with Crippen LogP contribution in [0.5, 0.6) is 11.6 Å². The molecule has 1 fully saturated rings. The van der Waals surface area contributed by atoms with E-state index in [1.165, 1.54) is 24.3 Å². The van der Waals surface area contributed by atoms with E-state index in [9.17, 15) is 18.0 Å². The molecule has 9 heteroatoms. The lowest BCUT2D eigenvalue weighted by atomic mass is 10.0. The van der Waals surface area contributed by atoms with Crippen molar-refractivity contribution < 1.29 is 32.0 Å². The maximum atomic E-state index is 12.3. The molecule has 1 amide bonds. The number of fused-ring (bicyclic) bond motifs is 1. The molecule has 0 unspecified atom stereocenters. The summed E-state index contributed by atoms with van der Waals surface area (Å²) in [7, 11) is 0. The number of benzene rings is 2. The molecule has 6 nitrogen and oxygen atoms in total. The molecule has 1 aromatic heterocycles. The number of hydrogen-bond acceptors (Lipinski definition) is 5. The van der Waals surface area contributed by atoms with Gasteiger partial charge in [0.2, 0.25) is 0 Å². The summed E-state index contributed by atoms with van der Waals surface area (Å²) in [6.07, 6.45) is -4.82. The number of carbonyl (C=O) groups is 1. The van der Waals surface area contributed by atoms with Crippen molar-refractivity contribution in [3.05, 3.63) is 42.5 Å². The standard InChI is InChI=1S/C18H13F3N2O4/c19-18(20,21)26-12-4-1-10(2-5-12)11-3-6-14-13(9-11)17(23-27-14)25-15-7-8-22-16(15)24/h1-6,9,15H,7-8H2,(H,22,24)/t15-/m1/s1. The van der Waals surface area contributed by atoms with Crippen molar-refractivity contribution in [1.29, 1.82) is 0 Å². The van der Waals surface area contributed by atoms with Gasteiger partial charge in [-0.3, -0.25) is 4.79 Å². The van der Waals surface area contributed by atoms with Crippen LogP contribution in [0.2, 0.25) is 0 Å². The first-order valence-electron chi connectivity index (χ1n) is 8.09. The summed E-state index contributed by atoms with van der Waals surface area (Å²) in [6.45, 7) is 0.539. The number of hydrogen-bond donors (Lipinski definition) is 1. The van der Waals surface area contributed by atoms with Gasteiger partial charge in [0.1, 0.15) is 5.75 Å². The van der Waals surface area contributed by atoms with Crippen LogP contribution >= 0.6 is 0 Å². The fourth-order valence-electron chi connectivity index (χ4n) is 2.85. The summed E-state index contributed by atoms with van der Waals surface area (Å²) in [5, 5.41) is 7.11. The minimum Gasteiger partial charge on any atom is -0.462 e. The predicted octanol–water partition coefficient (Wildman–Crippen LogP) is 3.66. The smallest absolute Gasteiger partial charge is 0.462 e. The Morgan fingerprint density at radius 2 is 1.85 bits per heavy atom. The van der Waals surface area contributed by atoms with Crippen molar-refractivity contribution >= 4 is 16.9 Å². The molecule has 1 atom stereocenters. The molecule has 0 aliphatic carbocycles. The van der Waals surface area contributed by atoms with Gasteiger partial charge in [-0.2, -0.15) is 0 Å². The van der Waals surface area contributed by atoms with E-state index in [0.29, 0.717) is 29.5 Å². The van der Waals surface area contributed by atoms with Gasteiger partial charge < -0.3 is 19.3 Å². The summed E-state index contributed by atoms with van der Waals surface area (Å²) in [5.74, 6) is -0.304. The van der Waals surface area contributed by atoms with Crippen LogP contribution in [0.1, 0.15) is 6.42 Å². The minimum absolute atomic E-state index is 0.200. The molecule has 1 saturated heterocycles. The molecule has 0 spiro atoms.